The number of nitrogens with one attached hydrogen (secondary N) is 1. The second-order valence-corrected chi connectivity index (χ2v) is 6.59. The van der Waals surface area contributed by atoms with Crippen LogP contribution in [0.4, 0.5) is 5.82 Å². The zero-order valence-electron chi connectivity index (χ0n) is 15.8. The van der Waals surface area contributed by atoms with Crippen LogP contribution in [0.3, 0.4) is 0 Å². The van der Waals surface area contributed by atoms with Crippen LogP contribution in [-0.4, -0.2) is 53.0 Å². The highest BCUT2D eigenvalue weighted by molar-refractivity contribution is 5.92. The molecule has 27 heavy (non-hydrogen) atoms. The van der Waals surface area contributed by atoms with Gasteiger partial charge in [-0.15, -0.1) is 0 Å². The van der Waals surface area contributed by atoms with E-state index in [4.69, 9.17) is 4.52 Å². The Hall–Kier alpha value is -2.90. The predicted octanol–water partition coefficient (Wildman–Crippen LogP) is 1.62. The molecule has 3 rings (SSSR count). The number of piperazine rings is 1. The van der Waals surface area contributed by atoms with E-state index >= 15 is 0 Å². The van der Waals surface area contributed by atoms with E-state index in [1.165, 1.54) is 0 Å². The predicted molar refractivity (Wildman–Crippen MR) is 100 cm³/mol. The molecule has 2 amide bonds. The summed E-state index contributed by atoms with van der Waals surface area (Å²) in [7, 11) is 0. The molecule has 0 radical (unpaired) electrons. The molecule has 2 aromatic heterocycles. The van der Waals surface area contributed by atoms with Crippen molar-refractivity contribution in [2.24, 2.45) is 0 Å². The molecule has 0 aliphatic carbocycles. The van der Waals surface area contributed by atoms with Gasteiger partial charge in [0, 0.05) is 63.9 Å². The third-order valence-corrected chi connectivity index (χ3v) is 4.62. The van der Waals surface area contributed by atoms with Crippen molar-refractivity contribution >= 4 is 17.6 Å². The molecule has 1 saturated heterocycles. The molecule has 8 heteroatoms. The van der Waals surface area contributed by atoms with Gasteiger partial charge in [0.2, 0.25) is 5.91 Å². The van der Waals surface area contributed by atoms with Crippen molar-refractivity contribution in [2.45, 2.75) is 33.2 Å². The van der Waals surface area contributed by atoms with E-state index in [-0.39, 0.29) is 11.8 Å². The maximum absolute atomic E-state index is 12.3. The minimum atomic E-state index is -0.266. The number of anilines is 1. The van der Waals surface area contributed by atoms with Crippen LogP contribution in [-0.2, 0) is 17.8 Å². The summed E-state index contributed by atoms with van der Waals surface area (Å²) >= 11 is 0. The molecule has 0 bridgehead atoms. The lowest BCUT2D eigenvalue weighted by Crippen LogP contribution is -2.48. The van der Waals surface area contributed by atoms with Gasteiger partial charge in [0.05, 0.1) is 0 Å². The fourth-order valence-corrected chi connectivity index (χ4v) is 3.14. The summed E-state index contributed by atoms with van der Waals surface area (Å²) in [6.07, 6.45) is 3.44. The van der Waals surface area contributed by atoms with Crippen molar-refractivity contribution in [3.05, 3.63) is 41.4 Å². The lowest BCUT2D eigenvalue weighted by molar-refractivity contribution is -0.129. The first kappa shape index (κ1) is 18.9. The number of rotatable bonds is 6. The summed E-state index contributed by atoms with van der Waals surface area (Å²) in [5.74, 6) is 1.39. The average Bonchev–Trinajstić information content (AvgIpc) is 3.15. The number of nitrogens with zero attached hydrogens (tertiary/aromatic N) is 4. The van der Waals surface area contributed by atoms with Gasteiger partial charge in [0.1, 0.15) is 11.6 Å². The number of aryl methyl sites for hydroxylation is 1. The van der Waals surface area contributed by atoms with Crippen LogP contribution in [0, 0.1) is 0 Å². The summed E-state index contributed by atoms with van der Waals surface area (Å²) in [6, 6.07) is 5.49. The lowest BCUT2D eigenvalue weighted by Gasteiger charge is -2.35. The van der Waals surface area contributed by atoms with Crippen molar-refractivity contribution < 1.29 is 14.1 Å². The Morgan fingerprint density at radius 2 is 2.04 bits per heavy atom. The SMILES string of the molecule is CCCc1cc(C(=O)NCc2cccnc2N2CCN(C(C)=O)CC2)no1. The van der Waals surface area contributed by atoms with Gasteiger partial charge in [-0.3, -0.25) is 9.59 Å². The summed E-state index contributed by atoms with van der Waals surface area (Å²) in [4.78, 5) is 32.3. The summed E-state index contributed by atoms with van der Waals surface area (Å²) < 4.78 is 5.16. The number of aromatic nitrogens is 2. The van der Waals surface area contributed by atoms with Crippen LogP contribution < -0.4 is 10.2 Å². The monoisotopic (exact) mass is 371 g/mol. The Bertz CT molecular complexity index is 796. The number of hydrogen-bond acceptors (Lipinski definition) is 6. The fourth-order valence-electron chi connectivity index (χ4n) is 3.14. The van der Waals surface area contributed by atoms with Gasteiger partial charge in [-0.25, -0.2) is 4.98 Å². The molecule has 1 aliphatic rings. The molecular formula is C19H25N5O3. The van der Waals surface area contributed by atoms with Crippen LogP contribution in [0.15, 0.2) is 28.9 Å². The van der Waals surface area contributed by atoms with E-state index in [2.05, 4.69) is 20.4 Å². The standard InChI is InChI=1S/C19H25N5O3/c1-3-5-16-12-17(22-27-16)19(26)21-13-15-6-4-7-20-18(15)24-10-8-23(9-11-24)14(2)25/h4,6-7,12H,3,5,8-11,13H2,1-2H3,(H,21,26). The van der Waals surface area contributed by atoms with E-state index in [0.29, 0.717) is 31.1 Å². The van der Waals surface area contributed by atoms with Gasteiger partial charge in [0.15, 0.2) is 5.69 Å². The van der Waals surface area contributed by atoms with Gasteiger partial charge in [-0.05, 0) is 12.5 Å². The van der Waals surface area contributed by atoms with Crippen LogP contribution in [0.25, 0.3) is 0 Å². The van der Waals surface area contributed by atoms with Crippen LogP contribution in [0.5, 0.6) is 0 Å². The van der Waals surface area contributed by atoms with Gasteiger partial charge < -0.3 is 19.6 Å². The first-order valence-corrected chi connectivity index (χ1v) is 9.26. The van der Waals surface area contributed by atoms with E-state index in [0.717, 1.165) is 37.3 Å². The molecule has 0 aromatic carbocycles. The molecule has 0 spiro atoms. The quantitative estimate of drug-likeness (QED) is 0.830. The number of hydrogen-bond donors (Lipinski definition) is 1. The van der Waals surface area contributed by atoms with Gasteiger partial charge in [-0.2, -0.15) is 0 Å². The average molecular weight is 371 g/mol. The van der Waals surface area contributed by atoms with Gasteiger partial charge in [0.25, 0.3) is 5.91 Å². The molecule has 1 fully saturated rings. The molecular weight excluding hydrogens is 346 g/mol. The van der Waals surface area contributed by atoms with Crippen LogP contribution in [0.2, 0.25) is 0 Å². The van der Waals surface area contributed by atoms with Crippen LogP contribution in [0.1, 0.15) is 42.1 Å². The van der Waals surface area contributed by atoms with Crippen molar-refractivity contribution in [2.75, 3.05) is 31.1 Å². The number of amides is 2. The topological polar surface area (TPSA) is 91.6 Å². The van der Waals surface area contributed by atoms with Crippen LogP contribution >= 0.6 is 0 Å². The highest BCUT2D eigenvalue weighted by atomic mass is 16.5. The molecule has 3 heterocycles. The summed E-state index contributed by atoms with van der Waals surface area (Å²) in [5.41, 5.74) is 1.22. The zero-order valence-corrected chi connectivity index (χ0v) is 15.8. The Morgan fingerprint density at radius 1 is 1.26 bits per heavy atom. The Labute approximate surface area is 158 Å². The maximum Gasteiger partial charge on any atom is 0.273 e. The molecule has 2 aromatic rings. The Kier molecular flexibility index (Phi) is 6.05. The lowest BCUT2D eigenvalue weighted by atomic mass is 10.2. The molecule has 1 aliphatic heterocycles. The minimum absolute atomic E-state index is 0.0956. The smallest absolute Gasteiger partial charge is 0.273 e. The van der Waals surface area contributed by atoms with E-state index in [9.17, 15) is 9.59 Å². The van der Waals surface area contributed by atoms with Gasteiger partial charge in [-0.1, -0.05) is 18.1 Å². The molecule has 0 atom stereocenters. The largest absolute Gasteiger partial charge is 0.361 e. The van der Waals surface area contributed by atoms with E-state index in [1.54, 1.807) is 19.2 Å². The first-order chi connectivity index (χ1) is 13.1. The number of carbonyl (C=O) groups is 2. The fraction of sp³-hybridized carbons (Fsp3) is 0.474. The third kappa shape index (κ3) is 4.64. The molecule has 144 valence electrons. The van der Waals surface area contributed by atoms with Crippen molar-refractivity contribution in [1.29, 1.82) is 0 Å². The molecule has 1 N–H and O–H groups in total. The zero-order chi connectivity index (χ0) is 19.2. The molecule has 0 unspecified atom stereocenters. The number of pyridine rings is 1. The third-order valence-electron chi connectivity index (χ3n) is 4.62. The van der Waals surface area contributed by atoms with Crippen molar-refractivity contribution in [3.63, 3.8) is 0 Å². The normalized spacial score (nSPS) is 14.3. The van der Waals surface area contributed by atoms with E-state index < -0.39 is 0 Å². The summed E-state index contributed by atoms with van der Waals surface area (Å²) in [5, 5.41) is 6.72. The van der Waals surface area contributed by atoms with E-state index in [1.807, 2.05) is 24.0 Å². The molecule has 0 saturated carbocycles. The Balaban J connectivity index is 1.62. The minimum Gasteiger partial charge on any atom is -0.361 e. The maximum atomic E-state index is 12.3. The highest BCUT2D eigenvalue weighted by Gasteiger charge is 2.21. The van der Waals surface area contributed by atoms with Gasteiger partial charge >= 0.3 is 0 Å². The van der Waals surface area contributed by atoms with Crippen molar-refractivity contribution in [1.82, 2.24) is 20.4 Å². The first-order valence-electron chi connectivity index (χ1n) is 9.26. The number of carbonyl (C=O) groups excluding carboxylic acids is 2. The molecule has 8 nitrogen and oxygen atoms in total. The highest BCUT2D eigenvalue weighted by Crippen LogP contribution is 2.19. The summed E-state index contributed by atoms with van der Waals surface area (Å²) in [6.45, 7) is 6.79. The van der Waals surface area contributed by atoms with Crippen molar-refractivity contribution in [3.8, 4) is 0 Å². The second-order valence-electron chi connectivity index (χ2n) is 6.59. The Morgan fingerprint density at radius 3 is 2.74 bits per heavy atom. The second kappa shape index (κ2) is 8.66.